The number of fused-ring (bicyclic) bond motifs is 4. The molecule has 1 aliphatic carbocycles. The van der Waals surface area contributed by atoms with Gasteiger partial charge in [0.05, 0.1) is 0 Å². The molecule has 1 saturated carbocycles. The molecule has 0 spiro atoms. The highest BCUT2D eigenvalue weighted by molar-refractivity contribution is 7.17. The van der Waals surface area contributed by atoms with E-state index in [0.29, 0.717) is 5.75 Å². The second-order valence-corrected chi connectivity index (χ2v) is 9.45. The van der Waals surface area contributed by atoms with Gasteiger partial charge >= 0.3 is 0 Å². The van der Waals surface area contributed by atoms with Gasteiger partial charge in [-0.2, -0.15) is 0 Å². The van der Waals surface area contributed by atoms with Gasteiger partial charge in [-0.05, 0) is 55.7 Å². The molecule has 0 aromatic heterocycles. The van der Waals surface area contributed by atoms with Crippen molar-refractivity contribution in [2.75, 3.05) is 0 Å². The van der Waals surface area contributed by atoms with Crippen molar-refractivity contribution >= 4 is 9.24 Å². The number of phenolic OH excluding ortho intramolecular Hbond substituents is 1. The second kappa shape index (κ2) is 6.62. The van der Waals surface area contributed by atoms with Crippen LogP contribution in [0.15, 0.2) is 24.3 Å². The lowest BCUT2D eigenvalue weighted by atomic mass is 9.67. The Morgan fingerprint density at radius 1 is 1.28 bits per heavy atom. The van der Waals surface area contributed by atoms with Crippen LogP contribution in [0, 0.1) is 5.41 Å². The maximum Gasteiger partial charge on any atom is 0.127 e. The van der Waals surface area contributed by atoms with Crippen LogP contribution in [-0.4, -0.2) is 16.4 Å². The van der Waals surface area contributed by atoms with E-state index in [4.69, 9.17) is 4.74 Å². The molecule has 0 saturated heterocycles. The van der Waals surface area contributed by atoms with E-state index >= 15 is 0 Å². The highest BCUT2D eigenvalue weighted by Gasteiger charge is 2.53. The molecule has 1 heterocycles. The molecule has 0 radical (unpaired) electrons. The number of hydrogen-bond donors (Lipinski definition) is 1. The number of rotatable bonds is 4. The average molecular weight is 360 g/mol. The van der Waals surface area contributed by atoms with Crippen molar-refractivity contribution in [1.82, 2.24) is 0 Å². The van der Waals surface area contributed by atoms with Crippen LogP contribution < -0.4 is 4.74 Å². The van der Waals surface area contributed by atoms with E-state index < -0.39 is 0 Å². The number of unbranched alkanes of at least 4 members (excludes halogenated alkanes) is 2. The van der Waals surface area contributed by atoms with Crippen molar-refractivity contribution in [3.8, 4) is 11.5 Å². The largest absolute Gasteiger partial charge is 0.508 e. The van der Waals surface area contributed by atoms with Crippen LogP contribution >= 0.6 is 9.24 Å². The van der Waals surface area contributed by atoms with Gasteiger partial charge in [0.15, 0.2) is 0 Å². The van der Waals surface area contributed by atoms with Gasteiger partial charge in [0.1, 0.15) is 17.1 Å². The zero-order valence-corrected chi connectivity index (χ0v) is 17.3. The maximum atomic E-state index is 10.9. The van der Waals surface area contributed by atoms with Crippen LogP contribution in [0.3, 0.4) is 0 Å². The first-order chi connectivity index (χ1) is 11.7. The van der Waals surface area contributed by atoms with E-state index in [-0.39, 0.29) is 22.6 Å². The van der Waals surface area contributed by atoms with Gasteiger partial charge < -0.3 is 9.84 Å². The second-order valence-electron chi connectivity index (χ2n) is 8.73. The van der Waals surface area contributed by atoms with Gasteiger partial charge in [-0.3, -0.25) is 0 Å². The molecular formula is C22H33O2P. The van der Waals surface area contributed by atoms with E-state index in [1.165, 1.54) is 24.0 Å². The number of ether oxygens (including phenoxy) is 1. The van der Waals surface area contributed by atoms with Crippen molar-refractivity contribution in [2.24, 2.45) is 5.41 Å². The molecule has 1 aromatic carbocycles. The fourth-order valence-electron chi connectivity index (χ4n) is 4.61. The molecule has 1 aliphatic heterocycles. The summed E-state index contributed by atoms with van der Waals surface area (Å²) in [5, 5.41) is 10.9. The predicted molar refractivity (Wildman–Crippen MR) is 109 cm³/mol. The lowest BCUT2D eigenvalue weighted by Crippen LogP contribution is -2.49. The number of hydrogen-bond acceptors (Lipinski definition) is 2. The van der Waals surface area contributed by atoms with E-state index in [9.17, 15) is 5.11 Å². The fourth-order valence-corrected chi connectivity index (χ4v) is 5.52. The summed E-state index contributed by atoms with van der Waals surface area (Å²) >= 11 is 0. The first-order valence-corrected chi connectivity index (χ1v) is 10.4. The Labute approximate surface area is 155 Å². The summed E-state index contributed by atoms with van der Waals surface area (Å²) in [4.78, 5) is 0. The Balaban J connectivity index is 2.09. The monoisotopic (exact) mass is 360 g/mol. The van der Waals surface area contributed by atoms with E-state index in [2.05, 4.69) is 49.6 Å². The minimum atomic E-state index is -0.229. The predicted octanol–water partition coefficient (Wildman–Crippen LogP) is 5.98. The maximum absolute atomic E-state index is 10.9. The Morgan fingerprint density at radius 2 is 2.00 bits per heavy atom. The summed E-state index contributed by atoms with van der Waals surface area (Å²) in [6, 6.07) is 4.14. The molecule has 4 atom stereocenters. The summed E-state index contributed by atoms with van der Waals surface area (Å²) in [5.74, 6) is 1.48. The lowest BCUT2D eigenvalue weighted by Gasteiger charge is -2.48. The SMILES string of the molecule is C=C1CC[C@@]2(C)Oc3cc(CCCCC)cc(O)c3[C@H]([C@H]2P)C1(C)C. The van der Waals surface area contributed by atoms with Crippen molar-refractivity contribution in [3.63, 3.8) is 0 Å². The number of benzene rings is 1. The lowest BCUT2D eigenvalue weighted by molar-refractivity contribution is 0.0477. The van der Waals surface area contributed by atoms with Crippen LogP contribution in [0.4, 0.5) is 0 Å². The number of phenols is 1. The quantitative estimate of drug-likeness (QED) is 0.407. The molecule has 25 heavy (non-hydrogen) atoms. The third-order valence-corrected chi connectivity index (χ3v) is 7.67. The van der Waals surface area contributed by atoms with Crippen LogP contribution in [0.1, 0.15) is 76.8 Å². The Kier molecular flexibility index (Phi) is 4.97. The van der Waals surface area contributed by atoms with Crippen LogP contribution in [0.2, 0.25) is 0 Å². The molecule has 1 fully saturated rings. The van der Waals surface area contributed by atoms with Gasteiger partial charge in [0.25, 0.3) is 0 Å². The first-order valence-electron chi connectivity index (χ1n) is 9.69. The van der Waals surface area contributed by atoms with Gasteiger partial charge in [-0.25, -0.2) is 0 Å². The van der Waals surface area contributed by atoms with Crippen LogP contribution in [0.25, 0.3) is 0 Å². The standard InChI is InChI=1S/C22H33O2P/c1-6-7-8-9-15-12-16(23)18-17(13-15)24-22(5)11-10-14(2)21(3,4)19(18)20(22)25/h12-13,19-20,23H,2,6-11,25H2,1,3-5H3/t19-,20-,22-/m1/s1. The molecule has 1 N–H and O–H groups in total. The van der Waals surface area contributed by atoms with Crippen molar-refractivity contribution in [3.05, 3.63) is 35.4 Å². The molecule has 1 aromatic rings. The number of allylic oxidation sites excluding steroid dienone is 1. The molecule has 2 aliphatic rings. The molecule has 138 valence electrons. The van der Waals surface area contributed by atoms with Crippen LogP contribution in [0.5, 0.6) is 11.5 Å². The third-order valence-electron chi connectivity index (χ3n) is 6.58. The van der Waals surface area contributed by atoms with E-state index in [1.807, 2.05) is 6.07 Å². The summed E-state index contributed by atoms with van der Waals surface area (Å²) in [6.07, 6.45) is 6.53. The molecule has 3 heteroatoms. The minimum Gasteiger partial charge on any atom is -0.508 e. The fraction of sp³-hybridized carbons (Fsp3) is 0.636. The minimum absolute atomic E-state index is 0.0656. The summed E-state index contributed by atoms with van der Waals surface area (Å²) in [7, 11) is 3.02. The zero-order chi connectivity index (χ0) is 18.4. The Morgan fingerprint density at radius 3 is 2.68 bits per heavy atom. The van der Waals surface area contributed by atoms with Crippen molar-refractivity contribution < 1.29 is 9.84 Å². The summed E-state index contributed by atoms with van der Waals surface area (Å²) < 4.78 is 6.53. The smallest absolute Gasteiger partial charge is 0.127 e. The number of aromatic hydroxyl groups is 1. The topological polar surface area (TPSA) is 29.5 Å². The van der Waals surface area contributed by atoms with Crippen molar-refractivity contribution in [2.45, 2.75) is 83.4 Å². The normalized spacial score (nSPS) is 30.4. The Bertz CT molecular complexity index is 679. The molecule has 1 unspecified atom stereocenters. The molecule has 0 amide bonds. The number of aryl methyl sites for hydroxylation is 1. The summed E-state index contributed by atoms with van der Waals surface area (Å²) in [5.41, 5.74) is 3.38. The van der Waals surface area contributed by atoms with Gasteiger partial charge in [0.2, 0.25) is 0 Å². The van der Waals surface area contributed by atoms with Crippen LogP contribution in [-0.2, 0) is 6.42 Å². The molecule has 2 nitrogen and oxygen atoms in total. The van der Waals surface area contributed by atoms with E-state index in [0.717, 1.165) is 37.0 Å². The molecule has 2 bridgehead atoms. The third kappa shape index (κ3) is 3.12. The molecule has 3 rings (SSSR count). The van der Waals surface area contributed by atoms with Crippen molar-refractivity contribution in [1.29, 1.82) is 0 Å². The van der Waals surface area contributed by atoms with Gasteiger partial charge in [-0.15, -0.1) is 9.24 Å². The average Bonchev–Trinajstić information content (AvgIpc) is 2.57. The van der Waals surface area contributed by atoms with E-state index in [1.54, 1.807) is 0 Å². The highest BCUT2D eigenvalue weighted by atomic mass is 31.0. The van der Waals surface area contributed by atoms with Gasteiger partial charge in [-0.1, -0.05) is 45.8 Å². The van der Waals surface area contributed by atoms with Gasteiger partial charge in [0, 0.05) is 17.1 Å². The summed E-state index contributed by atoms with van der Waals surface area (Å²) in [6.45, 7) is 13.4. The highest BCUT2D eigenvalue weighted by Crippen LogP contribution is 2.60. The molecular weight excluding hydrogens is 327 g/mol. The first kappa shape index (κ1) is 18.8. The Hall–Kier alpha value is -1.01. The zero-order valence-electron chi connectivity index (χ0n) is 16.2.